The molecule has 0 saturated heterocycles. The van der Waals surface area contributed by atoms with E-state index < -0.39 is 42.6 Å². The Morgan fingerprint density at radius 3 is 2.22 bits per heavy atom. The number of nitrogens with zero attached hydrogens (tertiary/aromatic N) is 1. The molecular formula is C20H32N3O7PS. The SMILES string of the molecule is CSC(CCN[C@@H](CC(C)C)C(=O)N(C(N)=O)[C@@H](Cc1ccccc1)C(=O)O)P(=O)(O)O. The number of imide groups is 1. The minimum Gasteiger partial charge on any atom is -0.480 e. The third-order valence-corrected chi connectivity index (χ3v) is 8.02. The summed E-state index contributed by atoms with van der Waals surface area (Å²) < 4.78 is 11.5. The average Bonchev–Trinajstić information content (AvgIpc) is 2.68. The second-order valence-electron chi connectivity index (χ2n) is 7.79. The first kappa shape index (κ1) is 28.1. The van der Waals surface area contributed by atoms with Gasteiger partial charge in [0.2, 0.25) is 5.91 Å². The number of rotatable bonds is 13. The van der Waals surface area contributed by atoms with Crippen molar-refractivity contribution in [3.8, 4) is 0 Å². The predicted molar refractivity (Wildman–Crippen MR) is 123 cm³/mol. The molecule has 10 nitrogen and oxygen atoms in total. The molecule has 3 atom stereocenters. The van der Waals surface area contributed by atoms with E-state index in [1.807, 2.05) is 13.8 Å². The number of amides is 3. The summed E-state index contributed by atoms with van der Waals surface area (Å²) in [5, 5.41) is 12.7. The fourth-order valence-electron chi connectivity index (χ4n) is 3.26. The number of aliphatic carboxylic acids is 1. The van der Waals surface area contributed by atoms with E-state index in [1.165, 1.54) is 0 Å². The molecule has 0 aliphatic rings. The van der Waals surface area contributed by atoms with Gasteiger partial charge in [-0.3, -0.25) is 9.36 Å². The summed E-state index contributed by atoms with van der Waals surface area (Å²) >= 11 is 1.02. The first-order valence-corrected chi connectivity index (χ1v) is 13.1. The zero-order valence-corrected chi connectivity index (χ0v) is 20.1. The van der Waals surface area contributed by atoms with Gasteiger partial charge in [0.25, 0.3) is 0 Å². The highest BCUT2D eigenvalue weighted by Crippen LogP contribution is 2.47. The number of primary amides is 1. The third kappa shape index (κ3) is 8.91. The number of hydrogen-bond donors (Lipinski definition) is 5. The molecule has 0 radical (unpaired) electrons. The molecule has 0 spiro atoms. The Morgan fingerprint density at radius 2 is 1.78 bits per heavy atom. The van der Waals surface area contributed by atoms with Gasteiger partial charge in [0.1, 0.15) is 11.0 Å². The van der Waals surface area contributed by atoms with Crippen LogP contribution in [0.15, 0.2) is 30.3 Å². The molecule has 1 aromatic carbocycles. The Morgan fingerprint density at radius 1 is 1.19 bits per heavy atom. The van der Waals surface area contributed by atoms with Gasteiger partial charge in [-0.05, 0) is 37.1 Å². The predicted octanol–water partition coefficient (Wildman–Crippen LogP) is 1.85. The van der Waals surface area contributed by atoms with E-state index >= 15 is 0 Å². The fourth-order valence-corrected chi connectivity index (χ4v) is 5.17. The van der Waals surface area contributed by atoms with Crippen LogP contribution < -0.4 is 11.1 Å². The number of nitrogens with two attached hydrogens (primary N) is 1. The van der Waals surface area contributed by atoms with E-state index in [-0.39, 0.29) is 31.7 Å². The Labute approximate surface area is 192 Å². The van der Waals surface area contributed by atoms with Gasteiger partial charge in [-0.2, -0.15) is 0 Å². The van der Waals surface area contributed by atoms with Crippen LogP contribution in [-0.4, -0.2) is 67.6 Å². The van der Waals surface area contributed by atoms with Crippen molar-refractivity contribution in [2.75, 3.05) is 12.8 Å². The van der Waals surface area contributed by atoms with E-state index in [0.29, 0.717) is 10.5 Å². The summed E-state index contributed by atoms with van der Waals surface area (Å²) in [6.07, 6.45) is 1.83. The number of carbonyl (C=O) groups excluding carboxylic acids is 2. The van der Waals surface area contributed by atoms with Gasteiger partial charge in [0.15, 0.2) is 0 Å². The summed E-state index contributed by atoms with van der Waals surface area (Å²) in [4.78, 5) is 55.7. The largest absolute Gasteiger partial charge is 0.480 e. The van der Waals surface area contributed by atoms with Crippen LogP contribution in [0.2, 0.25) is 0 Å². The van der Waals surface area contributed by atoms with Gasteiger partial charge in [-0.25, -0.2) is 14.5 Å². The number of carbonyl (C=O) groups is 3. The fraction of sp³-hybridized carbons (Fsp3) is 0.550. The second-order valence-corrected chi connectivity index (χ2v) is 11.0. The summed E-state index contributed by atoms with van der Waals surface area (Å²) in [6, 6.07) is 4.97. The highest BCUT2D eigenvalue weighted by Gasteiger charge is 2.37. The van der Waals surface area contributed by atoms with E-state index in [2.05, 4.69) is 5.32 Å². The van der Waals surface area contributed by atoms with Crippen LogP contribution in [0.25, 0.3) is 0 Å². The highest BCUT2D eigenvalue weighted by molar-refractivity contribution is 8.04. The quantitative estimate of drug-likeness (QED) is 0.259. The van der Waals surface area contributed by atoms with Crippen LogP contribution in [0.5, 0.6) is 0 Å². The minimum absolute atomic E-state index is 0.0155. The molecule has 12 heteroatoms. The maximum atomic E-state index is 13.2. The number of benzene rings is 1. The topological polar surface area (TPSA) is 170 Å². The van der Waals surface area contributed by atoms with Crippen molar-refractivity contribution in [2.24, 2.45) is 11.7 Å². The maximum absolute atomic E-state index is 13.2. The number of hydrogen-bond acceptors (Lipinski definition) is 6. The number of carboxylic acid groups (broad SMARTS) is 1. The van der Waals surface area contributed by atoms with Gasteiger partial charge < -0.3 is 25.9 Å². The van der Waals surface area contributed by atoms with Crippen molar-refractivity contribution in [3.63, 3.8) is 0 Å². The molecule has 32 heavy (non-hydrogen) atoms. The molecule has 0 aliphatic carbocycles. The lowest BCUT2D eigenvalue weighted by molar-refractivity contribution is -0.148. The van der Waals surface area contributed by atoms with Crippen molar-refractivity contribution in [1.29, 1.82) is 0 Å². The van der Waals surface area contributed by atoms with Gasteiger partial charge in [0.05, 0.1) is 6.04 Å². The molecule has 0 bridgehead atoms. The monoisotopic (exact) mass is 489 g/mol. The number of nitrogens with one attached hydrogen (secondary N) is 1. The van der Waals surface area contributed by atoms with Gasteiger partial charge in [-0.15, -0.1) is 11.8 Å². The Kier molecular flexibility index (Phi) is 11.4. The molecule has 6 N–H and O–H groups in total. The molecule has 0 heterocycles. The van der Waals surface area contributed by atoms with Crippen molar-refractivity contribution in [2.45, 2.75) is 50.2 Å². The lowest BCUT2D eigenvalue weighted by Gasteiger charge is -2.30. The molecule has 0 aliphatic heterocycles. The van der Waals surface area contributed by atoms with Crippen LogP contribution in [0, 0.1) is 5.92 Å². The number of thioether (sulfide) groups is 1. The van der Waals surface area contributed by atoms with Gasteiger partial charge >= 0.3 is 19.6 Å². The van der Waals surface area contributed by atoms with Gasteiger partial charge in [0, 0.05) is 6.42 Å². The molecule has 0 saturated carbocycles. The zero-order chi connectivity index (χ0) is 24.5. The average molecular weight is 490 g/mol. The minimum atomic E-state index is -4.31. The number of urea groups is 1. The van der Waals surface area contributed by atoms with Crippen LogP contribution in [0.4, 0.5) is 4.79 Å². The standard InChI is InChI=1S/C20H32N3O7PS/c1-13(2)11-15(22-10-9-17(32-3)31(28,29)30)18(24)23(20(21)27)16(19(25)26)12-14-7-5-4-6-8-14/h4-8,13,15-17,22H,9-12H2,1-3H3,(H2,21,27)(H,25,26)(H2,28,29,30)/t15-,16-,17?/m0/s1. The van der Waals surface area contributed by atoms with E-state index in [4.69, 9.17) is 5.73 Å². The summed E-state index contributed by atoms with van der Waals surface area (Å²) in [5.74, 6) is -2.14. The molecular weight excluding hydrogens is 457 g/mol. The van der Waals surface area contributed by atoms with E-state index in [0.717, 1.165) is 11.8 Å². The Balaban J connectivity index is 3.09. The van der Waals surface area contributed by atoms with Crippen LogP contribution in [-0.2, 0) is 20.6 Å². The van der Waals surface area contributed by atoms with E-state index in [1.54, 1.807) is 36.6 Å². The van der Waals surface area contributed by atoms with Crippen molar-refractivity contribution < 1.29 is 33.8 Å². The molecule has 180 valence electrons. The molecule has 1 unspecified atom stereocenters. The molecule has 3 amide bonds. The highest BCUT2D eigenvalue weighted by atomic mass is 32.2. The maximum Gasteiger partial charge on any atom is 0.338 e. The Bertz CT molecular complexity index is 819. The third-order valence-electron chi connectivity index (χ3n) is 4.78. The summed E-state index contributed by atoms with van der Waals surface area (Å²) in [6.45, 7) is 3.80. The second kappa shape index (κ2) is 13.0. The molecule has 0 fully saturated rings. The lowest BCUT2D eigenvalue weighted by Crippen LogP contribution is -2.58. The Hall–Kier alpha value is -1.91. The van der Waals surface area contributed by atoms with Crippen LogP contribution >= 0.6 is 19.4 Å². The first-order chi connectivity index (χ1) is 14.9. The molecule has 1 aromatic rings. The summed E-state index contributed by atoms with van der Waals surface area (Å²) in [7, 11) is -4.31. The van der Waals surface area contributed by atoms with Crippen molar-refractivity contribution in [3.05, 3.63) is 35.9 Å². The van der Waals surface area contributed by atoms with Crippen molar-refractivity contribution in [1.82, 2.24) is 10.2 Å². The zero-order valence-electron chi connectivity index (χ0n) is 18.4. The van der Waals surface area contributed by atoms with Gasteiger partial charge in [-0.1, -0.05) is 44.2 Å². The normalized spacial score (nSPS) is 14.6. The van der Waals surface area contributed by atoms with Crippen LogP contribution in [0.1, 0.15) is 32.3 Å². The van der Waals surface area contributed by atoms with Crippen LogP contribution in [0.3, 0.4) is 0 Å². The lowest BCUT2D eigenvalue weighted by atomic mass is 10.00. The van der Waals surface area contributed by atoms with Crippen molar-refractivity contribution >= 4 is 37.3 Å². The molecule has 0 aromatic heterocycles. The first-order valence-electron chi connectivity index (χ1n) is 10.1. The van der Waals surface area contributed by atoms with E-state index in [9.17, 15) is 33.8 Å². The summed E-state index contributed by atoms with van der Waals surface area (Å²) in [5.41, 5.74) is 6.04. The smallest absolute Gasteiger partial charge is 0.338 e. The molecule has 1 rings (SSSR count). The number of carboxylic acids is 1.